The molecule has 24 heavy (non-hydrogen) atoms. The van der Waals surface area contributed by atoms with Crippen LogP contribution in [0.15, 0.2) is 36.4 Å². The number of fused-ring (bicyclic) bond motifs is 1. The van der Waals surface area contributed by atoms with Gasteiger partial charge < -0.3 is 14.0 Å². The zero-order chi connectivity index (χ0) is 17.3. The van der Waals surface area contributed by atoms with Crippen LogP contribution in [0.1, 0.15) is 32.3 Å². The van der Waals surface area contributed by atoms with Crippen molar-refractivity contribution in [2.75, 3.05) is 20.3 Å². The summed E-state index contributed by atoms with van der Waals surface area (Å²) in [6.45, 7) is 7.49. The van der Waals surface area contributed by atoms with Crippen LogP contribution >= 0.6 is 0 Å². The minimum absolute atomic E-state index is 0.0618. The van der Waals surface area contributed by atoms with Crippen LogP contribution in [0.2, 0.25) is 0 Å². The first-order valence-corrected chi connectivity index (χ1v) is 8.24. The smallest absolute Gasteiger partial charge is 0.469 e. The second-order valence-corrected chi connectivity index (χ2v) is 7.23. The zero-order valence-corrected chi connectivity index (χ0v) is 14.7. The summed E-state index contributed by atoms with van der Waals surface area (Å²) in [5.41, 5.74) is 2.03. The first-order chi connectivity index (χ1) is 11.4. The number of rotatable bonds is 3. The number of benzene rings is 2. The fourth-order valence-electron chi connectivity index (χ4n) is 2.90. The van der Waals surface area contributed by atoms with Gasteiger partial charge in [-0.1, -0.05) is 50.2 Å². The van der Waals surface area contributed by atoms with Gasteiger partial charge in [-0.05, 0) is 28.7 Å². The molecule has 1 saturated heterocycles. The van der Waals surface area contributed by atoms with Crippen molar-refractivity contribution in [2.24, 2.45) is 5.41 Å². The van der Waals surface area contributed by atoms with Crippen LogP contribution in [-0.2, 0) is 18.8 Å². The third-order valence-electron chi connectivity index (χ3n) is 4.47. The van der Waals surface area contributed by atoms with Gasteiger partial charge in [-0.2, -0.15) is 0 Å². The van der Waals surface area contributed by atoms with Crippen molar-refractivity contribution in [3.63, 3.8) is 0 Å². The lowest BCUT2D eigenvalue weighted by atomic mass is 9.75. The van der Waals surface area contributed by atoms with E-state index in [1.807, 2.05) is 37.3 Å². The molecule has 126 valence electrons. The Balaban J connectivity index is 1.84. The predicted octanol–water partition coefficient (Wildman–Crippen LogP) is 2.88. The molecule has 1 atom stereocenters. The van der Waals surface area contributed by atoms with Crippen LogP contribution in [0.4, 0.5) is 0 Å². The van der Waals surface area contributed by atoms with Gasteiger partial charge in [0.05, 0.1) is 13.0 Å². The number of carbonyl (C=O) groups is 1. The highest BCUT2D eigenvalue weighted by Gasteiger charge is 2.33. The molecule has 0 radical (unpaired) electrons. The fraction of sp³-hybridized carbons (Fsp3) is 0.421. The quantitative estimate of drug-likeness (QED) is 0.643. The van der Waals surface area contributed by atoms with E-state index in [9.17, 15) is 4.79 Å². The fourth-order valence-corrected chi connectivity index (χ4v) is 2.90. The molecule has 0 bridgehead atoms. The molecule has 0 amide bonds. The van der Waals surface area contributed by atoms with Crippen molar-refractivity contribution < 1.29 is 18.8 Å². The Morgan fingerprint density at radius 3 is 2.42 bits per heavy atom. The van der Waals surface area contributed by atoms with Crippen LogP contribution in [0.3, 0.4) is 0 Å². The Hall–Kier alpha value is -1.85. The van der Waals surface area contributed by atoms with Gasteiger partial charge in [0.2, 0.25) is 0 Å². The highest BCUT2D eigenvalue weighted by atomic mass is 16.6. The van der Waals surface area contributed by atoms with E-state index in [1.54, 1.807) is 0 Å². The highest BCUT2D eigenvalue weighted by Crippen LogP contribution is 2.24. The molecule has 1 unspecified atom stereocenters. The molecule has 2 aromatic rings. The molecule has 4 nitrogen and oxygen atoms in total. The molecule has 1 aliphatic heterocycles. The first-order valence-electron chi connectivity index (χ1n) is 8.24. The van der Waals surface area contributed by atoms with Crippen LogP contribution in [0.25, 0.3) is 10.8 Å². The lowest BCUT2D eigenvalue weighted by Gasteiger charge is -2.33. The minimum Gasteiger partial charge on any atom is -0.469 e. The molecular formula is C19H23BO4. The normalized spacial score (nSPS) is 18.4. The average molecular weight is 326 g/mol. The molecule has 2 aromatic carbocycles. The van der Waals surface area contributed by atoms with Gasteiger partial charge in [-0.3, -0.25) is 4.79 Å². The summed E-state index contributed by atoms with van der Waals surface area (Å²) in [4.78, 5) is 11.7. The van der Waals surface area contributed by atoms with Gasteiger partial charge in [-0.25, -0.2) is 0 Å². The van der Waals surface area contributed by atoms with Crippen LogP contribution in [0, 0.1) is 5.41 Å². The molecule has 0 aliphatic carbocycles. The Morgan fingerprint density at radius 2 is 1.75 bits per heavy atom. The predicted molar refractivity (Wildman–Crippen MR) is 95.5 cm³/mol. The zero-order valence-electron chi connectivity index (χ0n) is 14.7. The molecule has 1 aliphatic rings. The van der Waals surface area contributed by atoms with Crippen LogP contribution in [-0.4, -0.2) is 33.4 Å². The van der Waals surface area contributed by atoms with Crippen molar-refractivity contribution in [1.82, 2.24) is 0 Å². The maximum Gasteiger partial charge on any atom is 0.493 e. The Morgan fingerprint density at radius 1 is 1.12 bits per heavy atom. The van der Waals surface area contributed by atoms with Gasteiger partial charge in [-0.15, -0.1) is 0 Å². The molecule has 0 spiro atoms. The van der Waals surface area contributed by atoms with Crippen molar-refractivity contribution in [1.29, 1.82) is 0 Å². The molecule has 1 heterocycles. The Kier molecular flexibility index (Phi) is 4.65. The number of methoxy groups -OCH3 is 1. The van der Waals surface area contributed by atoms with Crippen molar-refractivity contribution >= 4 is 29.3 Å². The topological polar surface area (TPSA) is 44.8 Å². The van der Waals surface area contributed by atoms with Crippen LogP contribution < -0.4 is 5.46 Å². The van der Waals surface area contributed by atoms with E-state index >= 15 is 0 Å². The maximum absolute atomic E-state index is 11.7. The lowest BCUT2D eigenvalue weighted by molar-refractivity contribution is -0.141. The van der Waals surface area contributed by atoms with E-state index in [0.717, 1.165) is 21.8 Å². The van der Waals surface area contributed by atoms with Gasteiger partial charge in [0.25, 0.3) is 0 Å². The molecular weight excluding hydrogens is 303 g/mol. The van der Waals surface area contributed by atoms with Gasteiger partial charge in [0.1, 0.15) is 0 Å². The van der Waals surface area contributed by atoms with E-state index in [4.69, 9.17) is 14.0 Å². The van der Waals surface area contributed by atoms with Crippen molar-refractivity contribution in [2.45, 2.75) is 26.7 Å². The number of hydrogen-bond donors (Lipinski definition) is 0. The van der Waals surface area contributed by atoms with E-state index in [0.29, 0.717) is 13.2 Å². The summed E-state index contributed by atoms with van der Waals surface area (Å²) in [6, 6.07) is 12.2. The summed E-state index contributed by atoms with van der Waals surface area (Å²) in [7, 11) is 1.11. The molecule has 0 aromatic heterocycles. The molecule has 3 rings (SSSR count). The standard InChI is InChI=1S/C19H23BO4/c1-13(18(21)22-4)14-5-6-16-10-17(8-7-15(16)9-14)20-23-11-19(2,3)12-24-20/h5-10,13H,11-12H2,1-4H3. The molecule has 5 heteroatoms. The number of ether oxygens (including phenoxy) is 1. The molecule has 0 N–H and O–H groups in total. The first kappa shape index (κ1) is 17.0. The van der Waals surface area contributed by atoms with Gasteiger partial charge in [0, 0.05) is 18.6 Å². The SMILES string of the molecule is COC(=O)C(C)c1ccc2cc(B3OCC(C)(C)CO3)ccc2c1. The summed E-state index contributed by atoms with van der Waals surface area (Å²) >= 11 is 0. The molecule has 0 saturated carbocycles. The largest absolute Gasteiger partial charge is 0.493 e. The van der Waals surface area contributed by atoms with Crippen LogP contribution in [0.5, 0.6) is 0 Å². The summed E-state index contributed by atoms with van der Waals surface area (Å²) in [6.07, 6.45) is 0. The Bertz CT molecular complexity index is 746. The lowest BCUT2D eigenvalue weighted by Crippen LogP contribution is -2.47. The summed E-state index contributed by atoms with van der Waals surface area (Å²) in [5, 5.41) is 2.19. The maximum atomic E-state index is 11.7. The third kappa shape index (κ3) is 3.47. The number of hydrogen-bond acceptors (Lipinski definition) is 4. The van der Waals surface area contributed by atoms with E-state index in [-0.39, 0.29) is 24.4 Å². The summed E-state index contributed by atoms with van der Waals surface area (Å²) in [5.74, 6) is -0.496. The van der Waals surface area contributed by atoms with E-state index < -0.39 is 0 Å². The van der Waals surface area contributed by atoms with Crippen molar-refractivity contribution in [3.8, 4) is 0 Å². The summed E-state index contributed by atoms with van der Waals surface area (Å²) < 4.78 is 16.5. The highest BCUT2D eigenvalue weighted by molar-refractivity contribution is 6.61. The number of carbonyl (C=O) groups excluding carboxylic acids is 1. The monoisotopic (exact) mass is 326 g/mol. The van der Waals surface area contributed by atoms with E-state index in [2.05, 4.69) is 19.9 Å². The minimum atomic E-state index is -0.309. The molecule has 1 fully saturated rings. The third-order valence-corrected chi connectivity index (χ3v) is 4.47. The number of esters is 1. The average Bonchev–Trinajstić information content (AvgIpc) is 2.59. The second-order valence-electron chi connectivity index (χ2n) is 7.23. The Labute approximate surface area is 143 Å². The van der Waals surface area contributed by atoms with Gasteiger partial charge in [0.15, 0.2) is 0 Å². The van der Waals surface area contributed by atoms with Gasteiger partial charge >= 0.3 is 13.1 Å². The second kappa shape index (κ2) is 6.57. The van der Waals surface area contributed by atoms with E-state index in [1.165, 1.54) is 7.11 Å². The van der Waals surface area contributed by atoms with Crippen molar-refractivity contribution in [3.05, 3.63) is 42.0 Å².